The van der Waals surface area contributed by atoms with Crippen LogP contribution in [0.15, 0.2) is 43.0 Å². The van der Waals surface area contributed by atoms with Crippen LogP contribution in [0.5, 0.6) is 0 Å². The fourth-order valence-corrected chi connectivity index (χ4v) is 3.21. The third kappa shape index (κ3) is 7.55. The minimum Gasteiger partial charge on any atom is -0.461 e. The summed E-state index contributed by atoms with van der Waals surface area (Å²) in [6.45, 7) is 8.60. The second-order valence-electron chi connectivity index (χ2n) is 8.29. The minimum atomic E-state index is -1.11. The van der Waals surface area contributed by atoms with Gasteiger partial charge in [-0.1, -0.05) is 43.0 Å². The Morgan fingerprint density at radius 3 is 2.45 bits per heavy atom. The largest absolute Gasteiger partial charge is 0.461 e. The van der Waals surface area contributed by atoms with Crippen LogP contribution in [0.25, 0.3) is 0 Å². The third-order valence-corrected chi connectivity index (χ3v) is 4.47. The molecule has 1 heterocycles. The van der Waals surface area contributed by atoms with Gasteiger partial charge in [0.25, 0.3) is 0 Å². The highest BCUT2D eigenvalue weighted by Crippen LogP contribution is 2.24. The predicted octanol–water partition coefficient (Wildman–Crippen LogP) is 3.04. The van der Waals surface area contributed by atoms with E-state index < -0.39 is 41.5 Å². The average Bonchev–Trinajstić information content (AvgIpc) is 3.04. The SMILES string of the molecule is C=CCOC(=O)C[C@H](CC(=O)OC(C)(C)C)C(=O)N1C(=O)OC[C@H]1Cc1ccccc1. The van der Waals surface area contributed by atoms with E-state index in [4.69, 9.17) is 14.2 Å². The quantitative estimate of drug-likeness (QED) is 0.337. The van der Waals surface area contributed by atoms with Crippen LogP contribution >= 0.6 is 0 Å². The number of esters is 2. The number of carbonyl (C=O) groups is 4. The van der Waals surface area contributed by atoms with Crippen molar-refractivity contribution in [3.63, 3.8) is 0 Å². The molecule has 0 aliphatic carbocycles. The van der Waals surface area contributed by atoms with E-state index in [-0.39, 0.29) is 26.1 Å². The first-order valence-corrected chi connectivity index (χ1v) is 10.1. The Morgan fingerprint density at radius 2 is 1.84 bits per heavy atom. The van der Waals surface area contributed by atoms with Gasteiger partial charge in [0.05, 0.1) is 24.8 Å². The summed E-state index contributed by atoms with van der Waals surface area (Å²) in [4.78, 5) is 51.1. The van der Waals surface area contributed by atoms with Gasteiger partial charge in [0, 0.05) is 0 Å². The molecule has 31 heavy (non-hydrogen) atoms. The molecule has 1 aliphatic heterocycles. The molecule has 8 nitrogen and oxygen atoms in total. The first kappa shape index (κ1) is 24.1. The molecule has 0 unspecified atom stereocenters. The smallest absolute Gasteiger partial charge is 0.416 e. The van der Waals surface area contributed by atoms with Crippen LogP contribution in [0.2, 0.25) is 0 Å². The van der Waals surface area contributed by atoms with Crippen LogP contribution in [0.4, 0.5) is 4.79 Å². The lowest BCUT2D eigenvalue weighted by Crippen LogP contribution is -2.45. The number of imide groups is 1. The molecule has 1 saturated heterocycles. The second-order valence-corrected chi connectivity index (χ2v) is 8.29. The lowest BCUT2D eigenvalue weighted by Gasteiger charge is -2.25. The van der Waals surface area contributed by atoms with E-state index in [2.05, 4.69) is 6.58 Å². The Morgan fingerprint density at radius 1 is 1.19 bits per heavy atom. The van der Waals surface area contributed by atoms with E-state index in [1.165, 1.54) is 6.08 Å². The number of benzene rings is 1. The molecular weight excluding hydrogens is 402 g/mol. The minimum absolute atomic E-state index is 0.0193. The molecule has 1 aromatic carbocycles. The lowest BCUT2D eigenvalue weighted by molar-refractivity contribution is -0.159. The molecule has 1 aliphatic rings. The van der Waals surface area contributed by atoms with Gasteiger partial charge < -0.3 is 14.2 Å². The van der Waals surface area contributed by atoms with Gasteiger partial charge in [-0.2, -0.15) is 0 Å². The number of amides is 2. The Hall–Kier alpha value is -3.16. The van der Waals surface area contributed by atoms with Gasteiger partial charge in [-0.3, -0.25) is 14.4 Å². The summed E-state index contributed by atoms with van der Waals surface area (Å²) < 4.78 is 15.4. The zero-order valence-corrected chi connectivity index (χ0v) is 18.2. The zero-order chi connectivity index (χ0) is 23.0. The van der Waals surface area contributed by atoms with Crippen LogP contribution in [-0.2, 0) is 35.0 Å². The van der Waals surface area contributed by atoms with Crippen molar-refractivity contribution in [3.05, 3.63) is 48.6 Å². The monoisotopic (exact) mass is 431 g/mol. The molecule has 0 N–H and O–H groups in total. The lowest BCUT2D eigenvalue weighted by atomic mass is 9.97. The summed E-state index contributed by atoms with van der Waals surface area (Å²) in [7, 11) is 0. The molecule has 168 valence electrons. The number of hydrogen-bond donors (Lipinski definition) is 0. The van der Waals surface area contributed by atoms with Gasteiger partial charge in [-0.15, -0.1) is 0 Å². The van der Waals surface area contributed by atoms with Crippen LogP contribution in [0.1, 0.15) is 39.2 Å². The van der Waals surface area contributed by atoms with E-state index in [1.54, 1.807) is 20.8 Å². The summed E-state index contributed by atoms with van der Waals surface area (Å²) in [6, 6.07) is 8.83. The van der Waals surface area contributed by atoms with Gasteiger partial charge in [-0.05, 0) is 32.8 Å². The third-order valence-electron chi connectivity index (χ3n) is 4.47. The molecule has 2 rings (SSSR count). The summed E-state index contributed by atoms with van der Waals surface area (Å²) in [5.74, 6) is -3.09. The molecule has 0 bridgehead atoms. The molecule has 1 aromatic rings. The fourth-order valence-electron chi connectivity index (χ4n) is 3.21. The number of carbonyl (C=O) groups excluding carboxylic acids is 4. The van der Waals surface area contributed by atoms with E-state index >= 15 is 0 Å². The maximum atomic E-state index is 13.3. The molecule has 0 saturated carbocycles. The van der Waals surface area contributed by atoms with Crippen molar-refractivity contribution in [2.24, 2.45) is 5.92 Å². The van der Waals surface area contributed by atoms with E-state index in [1.807, 2.05) is 30.3 Å². The Labute approximate surface area is 182 Å². The number of ether oxygens (including phenoxy) is 3. The van der Waals surface area contributed by atoms with Gasteiger partial charge >= 0.3 is 18.0 Å². The van der Waals surface area contributed by atoms with Crippen molar-refractivity contribution in [2.75, 3.05) is 13.2 Å². The van der Waals surface area contributed by atoms with Crippen molar-refractivity contribution < 1.29 is 33.4 Å². The Bertz CT molecular complexity index is 813. The Balaban J connectivity index is 2.19. The standard InChI is InChI=1S/C23H29NO7/c1-5-11-29-19(25)13-17(14-20(26)31-23(2,3)4)21(27)24-18(15-30-22(24)28)12-16-9-7-6-8-10-16/h5-10,17-18H,1,11-15H2,2-4H3/t17-,18-/m1/s1. The highest BCUT2D eigenvalue weighted by molar-refractivity contribution is 5.97. The van der Waals surface area contributed by atoms with Crippen LogP contribution in [-0.4, -0.2) is 53.7 Å². The van der Waals surface area contributed by atoms with Gasteiger partial charge in [0.15, 0.2) is 0 Å². The van der Waals surface area contributed by atoms with Crippen molar-refractivity contribution in [3.8, 4) is 0 Å². The van der Waals surface area contributed by atoms with E-state index in [0.29, 0.717) is 6.42 Å². The van der Waals surface area contributed by atoms with E-state index in [0.717, 1.165) is 10.5 Å². The predicted molar refractivity (Wildman–Crippen MR) is 112 cm³/mol. The molecular formula is C23H29NO7. The highest BCUT2D eigenvalue weighted by atomic mass is 16.6. The van der Waals surface area contributed by atoms with Crippen molar-refractivity contribution in [1.29, 1.82) is 0 Å². The summed E-state index contributed by atoms with van der Waals surface area (Å²) in [5.41, 5.74) is 0.175. The maximum Gasteiger partial charge on any atom is 0.416 e. The summed E-state index contributed by atoms with van der Waals surface area (Å²) in [5, 5.41) is 0. The molecule has 0 radical (unpaired) electrons. The molecule has 8 heteroatoms. The van der Waals surface area contributed by atoms with Crippen molar-refractivity contribution >= 4 is 23.9 Å². The number of cyclic esters (lactones) is 1. The molecule has 2 atom stereocenters. The van der Waals surface area contributed by atoms with Gasteiger partial charge in [0.1, 0.15) is 18.8 Å². The van der Waals surface area contributed by atoms with E-state index in [9.17, 15) is 19.2 Å². The molecule has 0 aromatic heterocycles. The normalized spacial score (nSPS) is 16.9. The second kappa shape index (κ2) is 10.7. The topological polar surface area (TPSA) is 99.2 Å². The molecule has 1 fully saturated rings. The van der Waals surface area contributed by atoms with Crippen LogP contribution in [0.3, 0.4) is 0 Å². The summed E-state index contributed by atoms with van der Waals surface area (Å²) >= 11 is 0. The number of hydrogen-bond acceptors (Lipinski definition) is 7. The van der Waals surface area contributed by atoms with Gasteiger partial charge in [0.2, 0.25) is 5.91 Å². The maximum absolute atomic E-state index is 13.3. The first-order valence-electron chi connectivity index (χ1n) is 10.1. The van der Waals surface area contributed by atoms with Crippen molar-refractivity contribution in [1.82, 2.24) is 4.90 Å². The molecule has 0 spiro atoms. The van der Waals surface area contributed by atoms with Crippen molar-refractivity contribution in [2.45, 2.75) is 51.7 Å². The number of rotatable bonds is 9. The van der Waals surface area contributed by atoms with Crippen LogP contribution < -0.4 is 0 Å². The molecule has 2 amide bonds. The fraction of sp³-hybridized carbons (Fsp3) is 0.478. The van der Waals surface area contributed by atoms with Gasteiger partial charge in [-0.25, -0.2) is 9.69 Å². The number of nitrogens with zero attached hydrogens (tertiary/aromatic N) is 1. The first-order chi connectivity index (χ1) is 14.6. The summed E-state index contributed by atoms with van der Waals surface area (Å²) in [6.07, 6.45) is 0.281. The Kier molecular flexibility index (Phi) is 8.36. The van der Waals surface area contributed by atoms with Crippen LogP contribution in [0, 0.1) is 5.92 Å². The highest BCUT2D eigenvalue weighted by Gasteiger charge is 2.42. The zero-order valence-electron chi connectivity index (χ0n) is 18.2. The average molecular weight is 431 g/mol.